The molecule has 1 aliphatic rings. The van der Waals surface area contributed by atoms with Crippen molar-refractivity contribution < 1.29 is 8.42 Å². The average molecular weight is 321 g/mol. The van der Waals surface area contributed by atoms with Gasteiger partial charge in [0.05, 0.1) is 4.99 Å². The normalized spacial score (nSPS) is 20.2. The molecule has 1 atom stereocenters. The smallest absolute Gasteiger partial charge is 0.221 e. The Labute approximate surface area is 128 Å². The van der Waals surface area contributed by atoms with Gasteiger partial charge in [-0.15, -0.1) is 0 Å². The van der Waals surface area contributed by atoms with E-state index in [0.29, 0.717) is 18.9 Å². The van der Waals surface area contributed by atoms with Crippen LogP contribution in [-0.2, 0) is 10.0 Å². The maximum Gasteiger partial charge on any atom is 0.221 e. The van der Waals surface area contributed by atoms with Crippen LogP contribution in [0.2, 0.25) is 0 Å². The van der Waals surface area contributed by atoms with E-state index >= 15 is 0 Å². The summed E-state index contributed by atoms with van der Waals surface area (Å²) in [5.74, 6) is 0.579. The molecule has 1 rings (SSSR count). The van der Waals surface area contributed by atoms with Crippen molar-refractivity contribution in [3.63, 3.8) is 0 Å². The Morgan fingerprint density at radius 3 is 2.30 bits per heavy atom. The number of nitrogens with one attached hydrogen (secondary N) is 1. The van der Waals surface area contributed by atoms with Gasteiger partial charge in [-0.1, -0.05) is 45.8 Å². The average Bonchev–Trinajstić information content (AvgIpc) is 2.75. The van der Waals surface area contributed by atoms with Crippen LogP contribution in [0, 0.1) is 11.3 Å². The first-order chi connectivity index (χ1) is 9.22. The topological polar surface area (TPSA) is 72.2 Å². The van der Waals surface area contributed by atoms with Crippen molar-refractivity contribution in [1.82, 2.24) is 4.72 Å². The Kier molecular flexibility index (Phi) is 6.41. The molecule has 0 spiro atoms. The van der Waals surface area contributed by atoms with Crippen LogP contribution in [-0.4, -0.2) is 25.2 Å². The van der Waals surface area contributed by atoms with Crippen LogP contribution in [0.15, 0.2) is 0 Å². The summed E-state index contributed by atoms with van der Waals surface area (Å²) in [5.41, 5.74) is 5.66. The molecule has 1 unspecified atom stereocenters. The standard InChI is InChI=1S/C14H28N2O2S2/c1-4-12(13(15)19)20(17,18)16-10-14(9-11(2)3)7-5-6-8-14/h11-12,16H,4-10H2,1-3H3,(H2,15,19). The number of hydrogen-bond acceptors (Lipinski definition) is 3. The molecule has 0 amide bonds. The molecule has 0 aromatic carbocycles. The summed E-state index contributed by atoms with van der Waals surface area (Å²) >= 11 is 4.87. The Morgan fingerprint density at radius 2 is 1.90 bits per heavy atom. The van der Waals surface area contributed by atoms with Crippen LogP contribution in [0.5, 0.6) is 0 Å². The van der Waals surface area contributed by atoms with Gasteiger partial charge in [-0.05, 0) is 37.0 Å². The third kappa shape index (κ3) is 4.67. The summed E-state index contributed by atoms with van der Waals surface area (Å²) in [4.78, 5) is 0.0596. The minimum atomic E-state index is -3.45. The number of rotatable bonds is 8. The van der Waals surface area contributed by atoms with E-state index in [2.05, 4.69) is 18.6 Å². The molecular formula is C14H28N2O2S2. The summed E-state index contributed by atoms with van der Waals surface area (Å²) in [6, 6.07) is 0. The molecule has 20 heavy (non-hydrogen) atoms. The van der Waals surface area contributed by atoms with Crippen LogP contribution < -0.4 is 10.5 Å². The Bertz CT molecular complexity index is 426. The van der Waals surface area contributed by atoms with Gasteiger partial charge in [0.1, 0.15) is 5.25 Å². The van der Waals surface area contributed by atoms with E-state index in [-0.39, 0.29) is 10.4 Å². The lowest BCUT2D eigenvalue weighted by Gasteiger charge is -2.31. The van der Waals surface area contributed by atoms with Gasteiger partial charge >= 0.3 is 0 Å². The lowest BCUT2D eigenvalue weighted by molar-refractivity contribution is 0.236. The molecule has 1 aliphatic carbocycles. The van der Waals surface area contributed by atoms with E-state index in [9.17, 15) is 8.42 Å². The molecule has 0 aliphatic heterocycles. The van der Waals surface area contributed by atoms with Gasteiger partial charge in [0.2, 0.25) is 10.0 Å². The molecule has 1 saturated carbocycles. The van der Waals surface area contributed by atoms with E-state index < -0.39 is 15.3 Å². The first-order valence-electron chi connectivity index (χ1n) is 7.50. The van der Waals surface area contributed by atoms with Crippen molar-refractivity contribution in [3.8, 4) is 0 Å². The fourth-order valence-electron chi connectivity index (χ4n) is 3.37. The number of sulfonamides is 1. The highest BCUT2D eigenvalue weighted by Gasteiger charge is 2.36. The number of thiocarbonyl (C=S) groups is 1. The lowest BCUT2D eigenvalue weighted by Crippen LogP contribution is -2.45. The quantitative estimate of drug-likeness (QED) is 0.674. The molecule has 1 fully saturated rings. The van der Waals surface area contributed by atoms with Crippen LogP contribution >= 0.6 is 12.2 Å². The predicted octanol–water partition coefficient (Wildman–Crippen LogP) is 2.58. The highest BCUT2D eigenvalue weighted by atomic mass is 32.2. The summed E-state index contributed by atoms with van der Waals surface area (Å²) in [6.45, 7) is 6.70. The lowest BCUT2D eigenvalue weighted by atomic mass is 9.79. The second-order valence-electron chi connectivity index (χ2n) is 6.47. The molecule has 0 aromatic heterocycles. The van der Waals surface area contributed by atoms with Gasteiger partial charge in [0.15, 0.2) is 0 Å². The minimum absolute atomic E-state index is 0.0596. The second kappa shape index (κ2) is 7.18. The van der Waals surface area contributed by atoms with Crippen molar-refractivity contribution in [2.45, 2.75) is 64.5 Å². The van der Waals surface area contributed by atoms with E-state index in [1.165, 1.54) is 12.8 Å². The van der Waals surface area contributed by atoms with Gasteiger partial charge in [-0.25, -0.2) is 13.1 Å². The maximum atomic E-state index is 12.3. The van der Waals surface area contributed by atoms with Gasteiger partial charge in [-0.2, -0.15) is 0 Å². The third-order valence-corrected chi connectivity index (χ3v) is 6.53. The molecule has 4 nitrogen and oxygen atoms in total. The summed E-state index contributed by atoms with van der Waals surface area (Å²) in [7, 11) is -3.45. The van der Waals surface area contributed by atoms with Crippen molar-refractivity contribution in [1.29, 1.82) is 0 Å². The highest BCUT2D eigenvalue weighted by Crippen LogP contribution is 2.42. The van der Waals surface area contributed by atoms with Crippen molar-refractivity contribution in [2.75, 3.05) is 6.54 Å². The van der Waals surface area contributed by atoms with Gasteiger partial charge in [0.25, 0.3) is 0 Å². The number of nitrogens with two attached hydrogens (primary N) is 1. The van der Waals surface area contributed by atoms with Gasteiger partial charge in [0, 0.05) is 6.54 Å². The second-order valence-corrected chi connectivity index (χ2v) is 8.89. The van der Waals surface area contributed by atoms with Crippen molar-refractivity contribution in [3.05, 3.63) is 0 Å². The summed E-state index contributed by atoms with van der Waals surface area (Å²) < 4.78 is 27.4. The molecule has 6 heteroatoms. The first kappa shape index (κ1) is 17.9. The zero-order valence-electron chi connectivity index (χ0n) is 12.8. The van der Waals surface area contributed by atoms with Crippen molar-refractivity contribution in [2.24, 2.45) is 17.1 Å². The highest BCUT2D eigenvalue weighted by molar-refractivity contribution is 7.93. The molecule has 0 aromatic rings. The SMILES string of the molecule is CCC(C(N)=S)S(=O)(=O)NCC1(CC(C)C)CCCC1. The maximum absolute atomic E-state index is 12.3. The van der Waals surface area contributed by atoms with Gasteiger partial charge < -0.3 is 5.73 Å². The first-order valence-corrected chi connectivity index (χ1v) is 9.46. The zero-order valence-corrected chi connectivity index (χ0v) is 14.4. The number of hydrogen-bond donors (Lipinski definition) is 2. The summed E-state index contributed by atoms with van der Waals surface area (Å²) in [6.07, 6.45) is 6.10. The van der Waals surface area contributed by atoms with Crippen LogP contribution in [0.3, 0.4) is 0 Å². The van der Waals surface area contributed by atoms with E-state index in [1.807, 2.05) is 0 Å². The Morgan fingerprint density at radius 1 is 1.35 bits per heavy atom. The Balaban J connectivity index is 2.74. The van der Waals surface area contributed by atoms with Gasteiger partial charge in [-0.3, -0.25) is 0 Å². The largest absolute Gasteiger partial charge is 0.392 e. The molecule has 0 bridgehead atoms. The zero-order chi connectivity index (χ0) is 15.4. The van der Waals surface area contributed by atoms with E-state index in [1.54, 1.807) is 6.92 Å². The van der Waals surface area contributed by atoms with Crippen molar-refractivity contribution >= 4 is 27.2 Å². The molecular weight excluding hydrogens is 292 g/mol. The monoisotopic (exact) mass is 320 g/mol. The van der Waals surface area contributed by atoms with E-state index in [4.69, 9.17) is 18.0 Å². The third-order valence-electron chi connectivity index (χ3n) is 4.22. The minimum Gasteiger partial charge on any atom is -0.392 e. The Hall–Kier alpha value is -0.200. The van der Waals surface area contributed by atoms with Crippen LogP contribution in [0.4, 0.5) is 0 Å². The fraction of sp³-hybridized carbons (Fsp3) is 0.929. The molecule has 0 saturated heterocycles. The molecule has 118 valence electrons. The van der Waals surface area contributed by atoms with Crippen LogP contribution in [0.1, 0.15) is 59.3 Å². The molecule has 3 N–H and O–H groups in total. The molecule has 0 radical (unpaired) electrons. The van der Waals surface area contributed by atoms with E-state index in [0.717, 1.165) is 19.3 Å². The molecule has 0 heterocycles. The van der Waals surface area contributed by atoms with Crippen LogP contribution in [0.25, 0.3) is 0 Å². The summed E-state index contributed by atoms with van der Waals surface area (Å²) in [5, 5.41) is -0.755. The fourth-order valence-corrected chi connectivity index (χ4v) is 5.37. The predicted molar refractivity (Wildman–Crippen MR) is 88.1 cm³/mol.